The Morgan fingerprint density at radius 1 is 1.04 bits per heavy atom. The molecule has 0 spiro atoms. The number of alkyl halides is 3. The van der Waals surface area contributed by atoms with Gasteiger partial charge in [0, 0.05) is 18.3 Å². The molecule has 134 valence electrons. The number of hydrogen-bond donors (Lipinski definition) is 2. The molecule has 2 rings (SSSR count). The van der Waals surface area contributed by atoms with Gasteiger partial charge in [-0.05, 0) is 48.9 Å². The number of hydrogen-bond acceptors (Lipinski definition) is 3. The second-order valence-electron chi connectivity index (χ2n) is 5.35. The molecule has 2 N–H and O–H groups in total. The summed E-state index contributed by atoms with van der Waals surface area (Å²) >= 11 is 0. The summed E-state index contributed by atoms with van der Waals surface area (Å²) in [6.45, 7) is 2.83. The van der Waals surface area contributed by atoms with Crippen molar-refractivity contribution in [3.8, 4) is 0 Å². The lowest BCUT2D eigenvalue weighted by Gasteiger charge is -2.13. The summed E-state index contributed by atoms with van der Waals surface area (Å²) in [4.78, 5) is 10.9. The molecule has 0 atom stereocenters. The van der Waals surface area contributed by atoms with E-state index in [2.05, 4.69) is 10.0 Å². The van der Waals surface area contributed by atoms with Gasteiger partial charge in [-0.2, -0.15) is 13.2 Å². The van der Waals surface area contributed by atoms with Crippen molar-refractivity contribution in [2.45, 2.75) is 24.9 Å². The Morgan fingerprint density at radius 3 is 2.28 bits per heavy atom. The Labute approximate surface area is 142 Å². The topological polar surface area (TPSA) is 75.3 Å². The highest BCUT2D eigenvalue weighted by atomic mass is 32.2. The number of nitrogens with one attached hydrogen (secondary N) is 2. The highest BCUT2D eigenvalue weighted by molar-refractivity contribution is 7.92. The SMILES string of the molecule is CC(=O)Nc1ccc(S(=O)(=O)Nc2cccc(C(F)(F)F)c2)c(C)c1. The molecule has 0 bridgehead atoms. The molecule has 9 heteroatoms. The summed E-state index contributed by atoms with van der Waals surface area (Å²) in [7, 11) is -4.08. The van der Waals surface area contributed by atoms with Gasteiger partial charge in [0.05, 0.1) is 10.5 Å². The van der Waals surface area contributed by atoms with E-state index in [0.29, 0.717) is 11.3 Å². The molecule has 2 aromatic carbocycles. The molecule has 0 unspecified atom stereocenters. The number of halogens is 3. The van der Waals surface area contributed by atoms with Crippen LogP contribution >= 0.6 is 0 Å². The van der Waals surface area contributed by atoms with Crippen molar-refractivity contribution in [2.75, 3.05) is 10.0 Å². The summed E-state index contributed by atoms with van der Waals surface area (Å²) < 4.78 is 65.2. The maximum atomic E-state index is 12.7. The minimum Gasteiger partial charge on any atom is -0.326 e. The Bertz CT molecular complexity index is 909. The second-order valence-corrected chi connectivity index (χ2v) is 7.00. The molecule has 0 aliphatic heterocycles. The van der Waals surface area contributed by atoms with Crippen LogP contribution in [0.25, 0.3) is 0 Å². The van der Waals surface area contributed by atoms with E-state index in [0.717, 1.165) is 18.2 Å². The molecule has 0 saturated carbocycles. The van der Waals surface area contributed by atoms with Gasteiger partial charge in [0.1, 0.15) is 0 Å². The highest BCUT2D eigenvalue weighted by Gasteiger charge is 2.30. The Morgan fingerprint density at radius 2 is 1.72 bits per heavy atom. The number of carbonyl (C=O) groups is 1. The van der Waals surface area contributed by atoms with E-state index in [9.17, 15) is 26.4 Å². The van der Waals surface area contributed by atoms with Crippen LogP contribution in [0, 0.1) is 6.92 Å². The van der Waals surface area contributed by atoms with Crippen molar-refractivity contribution in [2.24, 2.45) is 0 Å². The van der Waals surface area contributed by atoms with Crippen molar-refractivity contribution in [1.82, 2.24) is 0 Å². The molecule has 0 heterocycles. The number of carbonyl (C=O) groups excluding carboxylic acids is 1. The summed E-state index contributed by atoms with van der Waals surface area (Å²) in [6.07, 6.45) is -4.57. The maximum absolute atomic E-state index is 12.7. The van der Waals surface area contributed by atoms with Crippen LogP contribution in [0.15, 0.2) is 47.4 Å². The molecule has 0 aromatic heterocycles. The van der Waals surface area contributed by atoms with Crippen LogP contribution in [0.3, 0.4) is 0 Å². The number of benzene rings is 2. The normalized spacial score (nSPS) is 11.9. The number of anilines is 2. The Hall–Kier alpha value is -2.55. The Balaban J connectivity index is 2.32. The molecule has 0 radical (unpaired) electrons. The van der Waals surface area contributed by atoms with Crippen molar-refractivity contribution >= 4 is 27.3 Å². The van der Waals surface area contributed by atoms with Gasteiger partial charge in [0.25, 0.3) is 10.0 Å². The first-order valence-corrected chi connectivity index (χ1v) is 8.56. The minimum atomic E-state index is -4.57. The third-order valence-electron chi connectivity index (χ3n) is 3.23. The summed E-state index contributed by atoms with van der Waals surface area (Å²) in [5.74, 6) is -0.308. The first-order valence-electron chi connectivity index (χ1n) is 7.07. The minimum absolute atomic E-state index is 0.0981. The average molecular weight is 372 g/mol. The lowest BCUT2D eigenvalue weighted by molar-refractivity contribution is -0.137. The predicted molar refractivity (Wildman–Crippen MR) is 87.7 cm³/mol. The van der Waals surface area contributed by atoms with Gasteiger partial charge in [-0.3, -0.25) is 9.52 Å². The van der Waals surface area contributed by atoms with E-state index in [1.807, 2.05) is 0 Å². The van der Waals surface area contributed by atoms with Crippen molar-refractivity contribution in [1.29, 1.82) is 0 Å². The fraction of sp³-hybridized carbons (Fsp3) is 0.188. The lowest BCUT2D eigenvalue weighted by atomic mass is 10.2. The smallest absolute Gasteiger partial charge is 0.326 e. The Kier molecular flexibility index (Phi) is 5.07. The van der Waals surface area contributed by atoms with Crippen LogP contribution in [0.4, 0.5) is 24.5 Å². The zero-order valence-electron chi connectivity index (χ0n) is 13.3. The first-order chi connectivity index (χ1) is 11.5. The van der Waals surface area contributed by atoms with Crippen molar-refractivity contribution in [3.05, 3.63) is 53.6 Å². The average Bonchev–Trinajstić information content (AvgIpc) is 2.45. The van der Waals surface area contributed by atoms with Crippen LogP contribution in [-0.4, -0.2) is 14.3 Å². The summed E-state index contributed by atoms with van der Waals surface area (Å²) in [5.41, 5.74) is -0.390. The molecule has 0 aliphatic carbocycles. The van der Waals surface area contributed by atoms with E-state index in [1.54, 1.807) is 0 Å². The molecule has 5 nitrogen and oxygen atoms in total. The first kappa shape index (κ1) is 18.8. The highest BCUT2D eigenvalue weighted by Crippen LogP contribution is 2.31. The van der Waals surface area contributed by atoms with Gasteiger partial charge in [-0.1, -0.05) is 6.07 Å². The molecular formula is C16H15F3N2O3S. The molecule has 0 fully saturated rings. The fourth-order valence-corrected chi connectivity index (χ4v) is 3.48. The molecular weight excluding hydrogens is 357 g/mol. The van der Waals surface area contributed by atoms with Gasteiger partial charge >= 0.3 is 6.18 Å². The maximum Gasteiger partial charge on any atom is 0.416 e. The number of aryl methyl sites for hydroxylation is 1. The largest absolute Gasteiger partial charge is 0.416 e. The third-order valence-corrected chi connectivity index (χ3v) is 4.77. The van der Waals surface area contributed by atoms with Gasteiger partial charge in [-0.25, -0.2) is 8.42 Å². The standard InChI is InChI=1S/C16H15F3N2O3S/c1-10-8-13(20-11(2)22)6-7-15(10)25(23,24)21-14-5-3-4-12(9-14)16(17,18)19/h3-9,21H,1-2H3,(H,20,22). The van der Waals surface area contributed by atoms with Crippen LogP contribution < -0.4 is 10.0 Å². The van der Waals surface area contributed by atoms with Gasteiger partial charge in [0.15, 0.2) is 0 Å². The van der Waals surface area contributed by atoms with Gasteiger partial charge in [-0.15, -0.1) is 0 Å². The van der Waals surface area contributed by atoms with Crippen molar-refractivity contribution < 1.29 is 26.4 Å². The monoisotopic (exact) mass is 372 g/mol. The zero-order valence-corrected chi connectivity index (χ0v) is 14.1. The number of amides is 1. The summed E-state index contributed by atoms with van der Waals surface area (Å²) in [6, 6.07) is 8.05. The number of rotatable bonds is 4. The number of sulfonamides is 1. The van der Waals surface area contributed by atoms with E-state index in [1.165, 1.54) is 38.1 Å². The quantitative estimate of drug-likeness (QED) is 0.858. The van der Waals surface area contributed by atoms with E-state index in [4.69, 9.17) is 0 Å². The molecule has 0 aliphatic rings. The van der Waals surface area contributed by atoms with E-state index < -0.39 is 21.8 Å². The molecule has 2 aromatic rings. The molecule has 25 heavy (non-hydrogen) atoms. The van der Waals surface area contributed by atoms with E-state index in [-0.39, 0.29) is 16.5 Å². The molecule has 1 amide bonds. The second kappa shape index (κ2) is 6.75. The van der Waals surface area contributed by atoms with Gasteiger partial charge in [0.2, 0.25) is 5.91 Å². The lowest BCUT2D eigenvalue weighted by Crippen LogP contribution is -2.15. The molecule has 0 saturated heterocycles. The van der Waals surface area contributed by atoms with Crippen molar-refractivity contribution in [3.63, 3.8) is 0 Å². The van der Waals surface area contributed by atoms with Crippen LogP contribution in [0.1, 0.15) is 18.1 Å². The van der Waals surface area contributed by atoms with Crippen LogP contribution in [0.5, 0.6) is 0 Å². The van der Waals surface area contributed by atoms with Crippen LogP contribution in [-0.2, 0) is 21.0 Å². The predicted octanol–water partition coefficient (Wildman–Crippen LogP) is 3.77. The zero-order chi connectivity index (χ0) is 18.8. The third kappa shape index (κ3) is 4.72. The van der Waals surface area contributed by atoms with Gasteiger partial charge < -0.3 is 5.32 Å². The fourth-order valence-electron chi connectivity index (χ4n) is 2.20. The van der Waals surface area contributed by atoms with Crippen LogP contribution in [0.2, 0.25) is 0 Å². The van der Waals surface area contributed by atoms with E-state index >= 15 is 0 Å². The summed E-state index contributed by atoms with van der Waals surface area (Å²) in [5, 5.41) is 2.52.